The number of nitrogens with zero attached hydrogens (tertiary/aromatic N) is 1. The molecule has 28 heavy (non-hydrogen) atoms. The highest BCUT2D eigenvalue weighted by molar-refractivity contribution is 6.31. The van der Waals surface area contributed by atoms with Crippen molar-refractivity contribution in [2.24, 2.45) is 0 Å². The van der Waals surface area contributed by atoms with Crippen molar-refractivity contribution in [2.45, 2.75) is 0 Å². The zero-order chi connectivity index (χ0) is 19.8. The first-order valence-corrected chi connectivity index (χ1v) is 8.72. The second-order valence-corrected chi connectivity index (χ2v) is 6.55. The third kappa shape index (κ3) is 3.19. The highest BCUT2D eigenvalue weighted by Crippen LogP contribution is 2.38. The monoisotopic (exact) mass is 399 g/mol. The van der Waals surface area contributed by atoms with Crippen LogP contribution in [0.2, 0.25) is 5.02 Å². The molecule has 2 aliphatic rings. The predicted molar refractivity (Wildman–Crippen MR) is 101 cm³/mol. The van der Waals surface area contributed by atoms with Gasteiger partial charge in [0.25, 0.3) is 17.7 Å². The first kappa shape index (κ1) is 18.0. The van der Waals surface area contributed by atoms with E-state index in [1.807, 2.05) is 0 Å². The van der Waals surface area contributed by atoms with Crippen molar-refractivity contribution in [1.29, 1.82) is 0 Å². The molecule has 2 aliphatic heterocycles. The molecule has 0 atom stereocenters. The Bertz CT molecular complexity index is 1050. The van der Waals surface area contributed by atoms with E-state index < -0.39 is 17.7 Å². The Balaban J connectivity index is 1.61. The third-order valence-electron chi connectivity index (χ3n) is 4.25. The largest absolute Gasteiger partial charge is 0.454 e. The minimum atomic E-state index is -0.545. The predicted octanol–water partition coefficient (Wildman–Crippen LogP) is 2.35. The maximum absolute atomic E-state index is 12.6. The highest BCUT2D eigenvalue weighted by atomic mass is 35.5. The fourth-order valence-corrected chi connectivity index (χ4v) is 3.11. The summed E-state index contributed by atoms with van der Waals surface area (Å²) in [4.78, 5) is 37.6. The van der Waals surface area contributed by atoms with Crippen LogP contribution in [-0.4, -0.2) is 40.9 Å². The van der Waals surface area contributed by atoms with Gasteiger partial charge in [0.15, 0.2) is 5.75 Å². The van der Waals surface area contributed by atoms with Gasteiger partial charge in [-0.1, -0.05) is 11.6 Å². The molecule has 0 fully saturated rings. The topological polar surface area (TPSA) is 108 Å². The van der Waals surface area contributed by atoms with Crippen molar-refractivity contribution in [3.8, 4) is 11.5 Å². The molecule has 2 heterocycles. The number of β-amino-alcohol motifs (C(OH)–C–C–N with tert-alkyl or cyclic N) is 1. The third-order valence-corrected chi connectivity index (χ3v) is 4.48. The summed E-state index contributed by atoms with van der Waals surface area (Å²) in [6, 6.07) is 9.63. The van der Waals surface area contributed by atoms with Crippen LogP contribution in [0.1, 0.15) is 10.4 Å². The van der Waals surface area contributed by atoms with E-state index in [4.69, 9.17) is 21.4 Å². The lowest BCUT2D eigenvalue weighted by atomic mass is 10.1. The highest BCUT2D eigenvalue weighted by Gasteiger charge is 2.31. The number of fused-ring (bicyclic) bond motifs is 2. The number of aliphatic hydroxyl groups excluding tert-OH is 1. The van der Waals surface area contributed by atoms with Crippen molar-refractivity contribution in [2.75, 3.05) is 23.8 Å². The molecule has 2 aromatic rings. The van der Waals surface area contributed by atoms with Crippen molar-refractivity contribution < 1.29 is 24.2 Å². The molecule has 9 heteroatoms. The number of halogens is 1. The summed E-state index contributed by atoms with van der Waals surface area (Å²) in [7, 11) is 0. The quantitative estimate of drug-likeness (QED) is 0.681. The lowest BCUT2D eigenvalue weighted by Crippen LogP contribution is -2.34. The van der Waals surface area contributed by atoms with Gasteiger partial charge in [-0.25, -0.2) is 0 Å². The molecule has 0 saturated carbocycles. The number of anilines is 2. The lowest BCUT2D eigenvalue weighted by molar-refractivity contribution is -0.137. The molecule has 0 aromatic heterocycles. The molecular formula is C19H14ClN3O5. The summed E-state index contributed by atoms with van der Waals surface area (Å²) in [5.74, 6) is -0.657. The van der Waals surface area contributed by atoms with Gasteiger partial charge in [0.05, 0.1) is 24.4 Å². The summed E-state index contributed by atoms with van der Waals surface area (Å²) < 4.78 is 5.80. The number of hydrogen-bond acceptors (Lipinski definition) is 6. The molecule has 8 nitrogen and oxygen atoms in total. The molecule has 4 rings (SSSR count). The van der Waals surface area contributed by atoms with Crippen molar-refractivity contribution in [1.82, 2.24) is 4.90 Å². The van der Waals surface area contributed by atoms with Gasteiger partial charge >= 0.3 is 0 Å². The molecule has 142 valence electrons. The SMILES string of the molecule is O=C1Nc2cc(Cl)ccc2Oc2ccc(NC3=CC(=O)N(CCO)C3=O)cc21. The van der Waals surface area contributed by atoms with Gasteiger partial charge in [-0.15, -0.1) is 0 Å². The average molecular weight is 400 g/mol. The number of rotatable bonds is 4. The smallest absolute Gasteiger partial charge is 0.277 e. The summed E-state index contributed by atoms with van der Waals surface area (Å²) >= 11 is 5.97. The van der Waals surface area contributed by atoms with Gasteiger partial charge in [-0.05, 0) is 36.4 Å². The molecule has 2 aromatic carbocycles. The van der Waals surface area contributed by atoms with Crippen LogP contribution in [0.5, 0.6) is 11.5 Å². The number of aliphatic hydroxyl groups is 1. The standard InChI is InChI=1S/C19H14ClN3O5/c20-10-1-3-16-13(7-10)22-18(26)12-8-11(2-4-15(12)28-16)21-14-9-17(25)23(5-6-24)19(14)27/h1-4,7-9,21,24H,5-6H2,(H,22,26). The summed E-state index contributed by atoms with van der Waals surface area (Å²) in [6.45, 7) is -0.403. The number of carbonyl (C=O) groups is 3. The van der Waals surface area contributed by atoms with E-state index in [2.05, 4.69) is 10.6 Å². The van der Waals surface area contributed by atoms with E-state index in [0.29, 0.717) is 27.9 Å². The Morgan fingerprint density at radius 3 is 2.68 bits per heavy atom. The number of imide groups is 1. The number of amides is 3. The fourth-order valence-electron chi connectivity index (χ4n) is 2.94. The summed E-state index contributed by atoms with van der Waals surface area (Å²) in [5.41, 5.74) is 1.19. The first-order valence-electron chi connectivity index (χ1n) is 8.34. The molecule has 0 unspecified atom stereocenters. The zero-order valence-electron chi connectivity index (χ0n) is 14.4. The molecule has 0 spiro atoms. The number of nitrogens with one attached hydrogen (secondary N) is 2. The van der Waals surface area contributed by atoms with Crippen LogP contribution in [0.4, 0.5) is 11.4 Å². The zero-order valence-corrected chi connectivity index (χ0v) is 15.1. The summed E-state index contributed by atoms with van der Waals surface area (Å²) in [6.07, 6.45) is 1.15. The number of hydrogen-bond donors (Lipinski definition) is 3. The van der Waals surface area contributed by atoms with Crippen LogP contribution in [0.25, 0.3) is 0 Å². The Morgan fingerprint density at radius 2 is 1.89 bits per heavy atom. The van der Waals surface area contributed by atoms with Crippen LogP contribution in [0.15, 0.2) is 48.2 Å². The van der Waals surface area contributed by atoms with Crippen molar-refractivity contribution in [3.05, 3.63) is 58.8 Å². The van der Waals surface area contributed by atoms with Crippen LogP contribution >= 0.6 is 11.6 Å². The number of benzene rings is 2. The second kappa shape index (κ2) is 6.99. The lowest BCUT2D eigenvalue weighted by Gasteiger charge is -2.14. The maximum atomic E-state index is 12.6. The minimum absolute atomic E-state index is 0.0587. The van der Waals surface area contributed by atoms with Crippen molar-refractivity contribution in [3.63, 3.8) is 0 Å². The fraction of sp³-hybridized carbons (Fsp3) is 0.105. The van der Waals surface area contributed by atoms with Crippen molar-refractivity contribution >= 4 is 40.7 Å². The Morgan fingerprint density at radius 1 is 1.11 bits per heavy atom. The van der Waals surface area contributed by atoms with Gasteiger partial charge in [-0.2, -0.15) is 0 Å². The van der Waals surface area contributed by atoms with E-state index in [1.165, 1.54) is 6.07 Å². The van der Waals surface area contributed by atoms with Gasteiger partial charge in [-0.3, -0.25) is 19.3 Å². The van der Waals surface area contributed by atoms with E-state index in [9.17, 15) is 14.4 Å². The van der Waals surface area contributed by atoms with Gasteiger partial charge in [0, 0.05) is 16.8 Å². The number of ether oxygens (including phenoxy) is 1. The Kier molecular flexibility index (Phi) is 4.50. The second-order valence-electron chi connectivity index (χ2n) is 6.11. The van der Waals surface area contributed by atoms with Gasteiger partial charge < -0.3 is 20.5 Å². The molecule has 3 N–H and O–H groups in total. The molecule has 0 radical (unpaired) electrons. The molecule has 0 saturated heterocycles. The molecule has 0 bridgehead atoms. The molecular weight excluding hydrogens is 386 g/mol. The van der Waals surface area contributed by atoms with Crippen LogP contribution in [0, 0.1) is 0 Å². The number of carbonyl (C=O) groups excluding carboxylic acids is 3. The molecule has 0 aliphatic carbocycles. The van der Waals surface area contributed by atoms with Gasteiger partial charge in [0.1, 0.15) is 11.4 Å². The maximum Gasteiger partial charge on any atom is 0.277 e. The van der Waals surface area contributed by atoms with Crippen LogP contribution in [0.3, 0.4) is 0 Å². The minimum Gasteiger partial charge on any atom is -0.454 e. The average Bonchev–Trinajstić information content (AvgIpc) is 2.84. The first-order chi connectivity index (χ1) is 13.5. The van der Waals surface area contributed by atoms with E-state index in [1.54, 1.807) is 30.3 Å². The Labute approximate surface area is 164 Å². The van der Waals surface area contributed by atoms with Crippen LogP contribution in [-0.2, 0) is 9.59 Å². The molecule has 3 amide bonds. The van der Waals surface area contributed by atoms with E-state index in [0.717, 1.165) is 11.0 Å². The Hall–Kier alpha value is -3.36. The van der Waals surface area contributed by atoms with Crippen LogP contribution < -0.4 is 15.4 Å². The van der Waals surface area contributed by atoms with Gasteiger partial charge in [0.2, 0.25) is 0 Å². The summed E-state index contributed by atoms with van der Waals surface area (Å²) in [5, 5.41) is 15.0. The normalized spacial score (nSPS) is 15.3. The van der Waals surface area contributed by atoms with E-state index in [-0.39, 0.29) is 24.4 Å². The van der Waals surface area contributed by atoms with E-state index >= 15 is 0 Å².